The van der Waals surface area contributed by atoms with E-state index in [0.717, 1.165) is 31.6 Å². The van der Waals surface area contributed by atoms with Crippen molar-refractivity contribution in [1.82, 2.24) is 9.78 Å². The monoisotopic (exact) mass is 196 g/mol. The van der Waals surface area contributed by atoms with E-state index < -0.39 is 0 Å². The molecule has 0 amide bonds. The molecule has 1 atom stereocenters. The first-order valence-electron chi connectivity index (χ1n) is 5.12. The van der Waals surface area contributed by atoms with Gasteiger partial charge in [-0.2, -0.15) is 5.10 Å². The van der Waals surface area contributed by atoms with Crippen LogP contribution in [0, 0.1) is 0 Å². The van der Waals surface area contributed by atoms with Gasteiger partial charge in [-0.3, -0.25) is 4.68 Å². The van der Waals surface area contributed by atoms with Crippen LogP contribution in [0.3, 0.4) is 0 Å². The molecule has 1 aromatic rings. The maximum Gasteiger partial charge on any atom is 0.0753 e. The third kappa shape index (κ3) is 2.13. The van der Waals surface area contributed by atoms with Crippen LogP contribution < -0.4 is 0 Å². The Balaban J connectivity index is 2.00. The van der Waals surface area contributed by atoms with Crippen LogP contribution in [0.15, 0.2) is 12.4 Å². The third-order valence-corrected chi connectivity index (χ3v) is 2.57. The average Bonchev–Trinajstić information content (AvgIpc) is 2.68. The zero-order valence-corrected chi connectivity index (χ0v) is 8.22. The molecule has 0 aliphatic carbocycles. The molecule has 1 fully saturated rings. The van der Waals surface area contributed by atoms with Gasteiger partial charge in [0, 0.05) is 19.4 Å². The topological polar surface area (TPSA) is 47.3 Å². The number of hydrogen-bond acceptors (Lipinski definition) is 3. The Morgan fingerprint density at radius 3 is 3.29 bits per heavy atom. The molecule has 2 heterocycles. The van der Waals surface area contributed by atoms with E-state index in [-0.39, 0.29) is 6.61 Å². The van der Waals surface area contributed by atoms with E-state index in [0.29, 0.717) is 12.5 Å². The van der Waals surface area contributed by atoms with Gasteiger partial charge >= 0.3 is 0 Å². The fourth-order valence-corrected chi connectivity index (χ4v) is 1.77. The number of ether oxygens (including phenoxy) is 1. The first kappa shape index (κ1) is 9.68. The van der Waals surface area contributed by atoms with E-state index in [2.05, 4.69) is 5.10 Å². The van der Waals surface area contributed by atoms with E-state index in [9.17, 15) is 0 Å². The second kappa shape index (κ2) is 4.57. The zero-order chi connectivity index (χ0) is 9.80. The SMILES string of the molecule is OCCc1cnn(C2CCCOC2)c1. The summed E-state index contributed by atoms with van der Waals surface area (Å²) in [4.78, 5) is 0. The summed E-state index contributed by atoms with van der Waals surface area (Å²) in [5.74, 6) is 0. The van der Waals surface area contributed by atoms with Crippen LogP contribution in [0.5, 0.6) is 0 Å². The highest BCUT2D eigenvalue weighted by Crippen LogP contribution is 2.18. The van der Waals surface area contributed by atoms with Gasteiger partial charge in [-0.25, -0.2) is 0 Å². The van der Waals surface area contributed by atoms with Gasteiger partial charge in [0.2, 0.25) is 0 Å². The molecule has 1 N–H and O–H groups in total. The number of nitrogens with zero attached hydrogens (tertiary/aromatic N) is 2. The molecule has 0 aromatic carbocycles. The first-order chi connectivity index (χ1) is 6.90. The van der Waals surface area contributed by atoms with Crippen molar-refractivity contribution in [3.8, 4) is 0 Å². The van der Waals surface area contributed by atoms with Crippen LogP contribution in [-0.2, 0) is 11.2 Å². The molecule has 0 saturated carbocycles. The summed E-state index contributed by atoms with van der Waals surface area (Å²) in [6.45, 7) is 1.83. The molecule has 0 radical (unpaired) electrons. The molecule has 2 rings (SSSR count). The predicted molar refractivity (Wildman–Crippen MR) is 52.1 cm³/mol. The summed E-state index contributed by atoms with van der Waals surface area (Å²) in [5.41, 5.74) is 1.10. The Morgan fingerprint density at radius 2 is 2.57 bits per heavy atom. The van der Waals surface area contributed by atoms with E-state index in [4.69, 9.17) is 9.84 Å². The minimum absolute atomic E-state index is 0.187. The molecule has 1 unspecified atom stereocenters. The van der Waals surface area contributed by atoms with Crippen LogP contribution in [0.25, 0.3) is 0 Å². The van der Waals surface area contributed by atoms with Crippen molar-refractivity contribution >= 4 is 0 Å². The summed E-state index contributed by atoms with van der Waals surface area (Å²) in [6.07, 6.45) is 6.77. The maximum atomic E-state index is 8.78. The summed E-state index contributed by atoms with van der Waals surface area (Å²) in [6, 6.07) is 0.385. The zero-order valence-electron chi connectivity index (χ0n) is 8.22. The molecule has 0 spiro atoms. The average molecular weight is 196 g/mol. The van der Waals surface area contributed by atoms with Crippen LogP contribution in [0.1, 0.15) is 24.4 Å². The molecule has 78 valence electrons. The Bertz CT molecular complexity index is 279. The molecular formula is C10H16N2O2. The van der Waals surface area contributed by atoms with Crippen LogP contribution in [0.2, 0.25) is 0 Å². The second-order valence-electron chi connectivity index (χ2n) is 3.67. The lowest BCUT2D eigenvalue weighted by Crippen LogP contribution is -2.21. The van der Waals surface area contributed by atoms with Crippen molar-refractivity contribution in [3.05, 3.63) is 18.0 Å². The van der Waals surface area contributed by atoms with E-state index in [1.165, 1.54) is 0 Å². The molecule has 1 aliphatic heterocycles. The van der Waals surface area contributed by atoms with Crippen molar-refractivity contribution in [2.45, 2.75) is 25.3 Å². The minimum atomic E-state index is 0.187. The normalized spacial score (nSPS) is 22.5. The number of rotatable bonds is 3. The predicted octanol–water partition coefficient (Wildman–Crippen LogP) is 0.769. The lowest BCUT2D eigenvalue weighted by Gasteiger charge is -2.22. The largest absolute Gasteiger partial charge is 0.396 e. The lowest BCUT2D eigenvalue weighted by molar-refractivity contribution is 0.0549. The smallest absolute Gasteiger partial charge is 0.0753 e. The molecule has 14 heavy (non-hydrogen) atoms. The van der Waals surface area contributed by atoms with Crippen LogP contribution in [-0.4, -0.2) is 34.7 Å². The number of aliphatic hydroxyl groups excluding tert-OH is 1. The molecule has 1 saturated heterocycles. The lowest BCUT2D eigenvalue weighted by atomic mass is 10.1. The quantitative estimate of drug-likeness (QED) is 0.776. The standard InChI is InChI=1S/C10H16N2O2/c13-4-3-9-6-11-12(7-9)10-2-1-5-14-8-10/h6-7,10,13H,1-5,8H2. The molecule has 1 aromatic heterocycles. The number of aromatic nitrogens is 2. The third-order valence-electron chi connectivity index (χ3n) is 2.57. The van der Waals surface area contributed by atoms with Gasteiger partial charge in [-0.15, -0.1) is 0 Å². The van der Waals surface area contributed by atoms with Gasteiger partial charge in [0.25, 0.3) is 0 Å². The highest BCUT2D eigenvalue weighted by atomic mass is 16.5. The van der Waals surface area contributed by atoms with E-state index in [1.807, 2.05) is 17.1 Å². The highest BCUT2D eigenvalue weighted by molar-refractivity contribution is 5.04. The van der Waals surface area contributed by atoms with E-state index >= 15 is 0 Å². The number of aliphatic hydroxyl groups is 1. The molecular weight excluding hydrogens is 180 g/mol. The molecule has 4 heteroatoms. The highest BCUT2D eigenvalue weighted by Gasteiger charge is 2.16. The maximum absolute atomic E-state index is 8.78. The fourth-order valence-electron chi connectivity index (χ4n) is 1.77. The second-order valence-corrected chi connectivity index (χ2v) is 3.67. The van der Waals surface area contributed by atoms with Gasteiger partial charge in [-0.05, 0) is 24.8 Å². The van der Waals surface area contributed by atoms with Gasteiger partial charge in [0.15, 0.2) is 0 Å². The summed E-state index contributed by atoms with van der Waals surface area (Å²) in [5, 5.41) is 13.1. The Morgan fingerprint density at radius 1 is 1.64 bits per heavy atom. The van der Waals surface area contributed by atoms with Crippen LogP contribution in [0.4, 0.5) is 0 Å². The van der Waals surface area contributed by atoms with Crippen molar-refractivity contribution in [2.24, 2.45) is 0 Å². The van der Waals surface area contributed by atoms with Crippen molar-refractivity contribution in [1.29, 1.82) is 0 Å². The Hall–Kier alpha value is -0.870. The van der Waals surface area contributed by atoms with Crippen LogP contribution >= 0.6 is 0 Å². The van der Waals surface area contributed by atoms with Gasteiger partial charge in [0.1, 0.15) is 0 Å². The van der Waals surface area contributed by atoms with Gasteiger partial charge in [0.05, 0.1) is 18.8 Å². The Kier molecular flexibility index (Phi) is 3.16. The summed E-state index contributed by atoms with van der Waals surface area (Å²) < 4.78 is 7.36. The first-order valence-corrected chi connectivity index (χ1v) is 5.12. The van der Waals surface area contributed by atoms with E-state index in [1.54, 1.807) is 0 Å². The summed E-state index contributed by atoms with van der Waals surface area (Å²) in [7, 11) is 0. The van der Waals surface area contributed by atoms with Crippen molar-refractivity contribution < 1.29 is 9.84 Å². The summed E-state index contributed by atoms with van der Waals surface area (Å²) >= 11 is 0. The molecule has 1 aliphatic rings. The number of hydrogen-bond donors (Lipinski definition) is 1. The van der Waals surface area contributed by atoms with Gasteiger partial charge in [-0.1, -0.05) is 0 Å². The minimum Gasteiger partial charge on any atom is -0.396 e. The fraction of sp³-hybridized carbons (Fsp3) is 0.700. The van der Waals surface area contributed by atoms with Crippen molar-refractivity contribution in [2.75, 3.05) is 19.8 Å². The molecule has 0 bridgehead atoms. The van der Waals surface area contributed by atoms with Gasteiger partial charge < -0.3 is 9.84 Å². The van der Waals surface area contributed by atoms with Crippen molar-refractivity contribution in [3.63, 3.8) is 0 Å². The molecule has 4 nitrogen and oxygen atoms in total. The Labute approximate surface area is 83.5 Å².